The Labute approximate surface area is 90.0 Å². The van der Waals surface area contributed by atoms with Gasteiger partial charge in [-0.2, -0.15) is 0 Å². The number of amides is 2. The van der Waals surface area contributed by atoms with E-state index in [1.54, 1.807) is 0 Å². The fourth-order valence-corrected chi connectivity index (χ4v) is 2.16. The molecule has 2 aliphatic rings. The second-order valence-corrected chi connectivity index (χ2v) is 4.40. The van der Waals surface area contributed by atoms with Crippen LogP contribution in [0, 0.1) is 5.92 Å². The van der Waals surface area contributed by atoms with Crippen molar-refractivity contribution in [1.82, 2.24) is 10.2 Å². The van der Waals surface area contributed by atoms with Crippen LogP contribution in [0.5, 0.6) is 0 Å². The van der Waals surface area contributed by atoms with Gasteiger partial charge in [-0.05, 0) is 25.3 Å². The molecular weight excluding hydrogens is 192 g/mol. The molecule has 15 heavy (non-hydrogen) atoms. The van der Waals surface area contributed by atoms with Gasteiger partial charge < -0.3 is 5.32 Å². The van der Waals surface area contributed by atoms with E-state index in [1.165, 1.54) is 17.7 Å². The Balaban J connectivity index is 1.92. The summed E-state index contributed by atoms with van der Waals surface area (Å²) in [4.78, 5) is 24.3. The molecule has 1 atom stereocenters. The van der Waals surface area contributed by atoms with Crippen LogP contribution in [-0.2, 0) is 9.59 Å². The molecule has 1 N–H and O–H groups in total. The average molecular weight is 210 g/mol. The van der Waals surface area contributed by atoms with Crippen LogP contribution in [0.15, 0.2) is 0 Å². The summed E-state index contributed by atoms with van der Waals surface area (Å²) in [7, 11) is 0. The van der Waals surface area contributed by atoms with Gasteiger partial charge in [-0.25, -0.2) is 0 Å². The Morgan fingerprint density at radius 2 is 1.93 bits per heavy atom. The Morgan fingerprint density at radius 1 is 1.33 bits per heavy atom. The van der Waals surface area contributed by atoms with Crippen molar-refractivity contribution in [1.29, 1.82) is 0 Å². The first kappa shape index (κ1) is 10.6. The minimum atomic E-state index is 0.00329. The van der Waals surface area contributed by atoms with Crippen LogP contribution in [0.1, 0.15) is 32.6 Å². The highest BCUT2D eigenvalue weighted by atomic mass is 16.2. The molecule has 1 heterocycles. The first-order valence-electron chi connectivity index (χ1n) is 5.79. The third-order valence-corrected chi connectivity index (χ3v) is 3.19. The summed E-state index contributed by atoms with van der Waals surface area (Å²) in [6.07, 6.45) is 3.27. The lowest BCUT2D eigenvalue weighted by atomic mass is 10.1. The van der Waals surface area contributed by atoms with Crippen molar-refractivity contribution in [3.05, 3.63) is 0 Å². The van der Waals surface area contributed by atoms with Gasteiger partial charge >= 0.3 is 0 Å². The van der Waals surface area contributed by atoms with E-state index in [-0.39, 0.29) is 11.8 Å². The van der Waals surface area contributed by atoms with Crippen LogP contribution in [-0.4, -0.2) is 35.8 Å². The molecule has 1 unspecified atom stereocenters. The Hall–Kier alpha value is -0.900. The molecule has 4 heteroatoms. The maximum atomic E-state index is 11.4. The Morgan fingerprint density at radius 3 is 2.40 bits per heavy atom. The molecule has 0 radical (unpaired) electrons. The van der Waals surface area contributed by atoms with Gasteiger partial charge in [0.25, 0.3) is 0 Å². The largest absolute Gasteiger partial charge is 0.312 e. The first-order valence-corrected chi connectivity index (χ1v) is 5.79. The number of imide groups is 1. The van der Waals surface area contributed by atoms with Gasteiger partial charge in [0.05, 0.1) is 0 Å². The van der Waals surface area contributed by atoms with E-state index in [0.717, 1.165) is 6.54 Å². The molecule has 0 aromatic carbocycles. The molecule has 1 saturated heterocycles. The molecule has 0 spiro atoms. The van der Waals surface area contributed by atoms with Crippen LogP contribution in [0.25, 0.3) is 0 Å². The summed E-state index contributed by atoms with van der Waals surface area (Å²) in [5.41, 5.74) is 0. The molecule has 0 aromatic rings. The summed E-state index contributed by atoms with van der Waals surface area (Å²) in [6.45, 7) is 3.54. The molecule has 0 bridgehead atoms. The van der Waals surface area contributed by atoms with Gasteiger partial charge in [0.1, 0.15) is 0 Å². The minimum absolute atomic E-state index is 0.00329. The molecule has 84 valence electrons. The molecule has 0 aromatic heterocycles. The van der Waals surface area contributed by atoms with Gasteiger partial charge in [0.15, 0.2) is 0 Å². The maximum absolute atomic E-state index is 11.4. The topological polar surface area (TPSA) is 49.4 Å². The predicted octanol–water partition coefficient (Wildman–Crippen LogP) is 0.523. The zero-order chi connectivity index (χ0) is 10.8. The van der Waals surface area contributed by atoms with Crippen molar-refractivity contribution in [2.45, 2.75) is 38.6 Å². The second kappa shape index (κ2) is 4.31. The number of likely N-dealkylation sites (tertiary alicyclic amines) is 1. The van der Waals surface area contributed by atoms with Crippen LogP contribution in [0.2, 0.25) is 0 Å². The minimum Gasteiger partial charge on any atom is -0.312 e. The number of likely N-dealkylation sites (N-methyl/N-ethyl adjacent to an activating group) is 1. The Bertz CT molecular complexity index is 258. The van der Waals surface area contributed by atoms with E-state index in [2.05, 4.69) is 12.2 Å². The van der Waals surface area contributed by atoms with E-state index >= 15 is 0 Å². The summed E-state index contributed by atoms with van der Waals surface area (Å²) >= 11 is 0. The molecule has 4 nitrogen and oxygen atoms in total. The zero-order valence-corrected chi connectivity index (χ0v) is 9.16. The lowest BCUT2D eigenvalue weighted by Gasteiger charge is -2.22. The Kier molecular flexibility index (Phi) is 3.05. The third kappa shape index (κ3) is 2.37. The first-order chi connectivity index (χ1) is 7.22. The summed E-state index contributed by atoms with van der Waals surface area (Å²) in [5.74, 6) is 0.679. The molecule has 2 amide bonds. The van der Waals surface area contributed by atoms with E-state index in [9.17, 15) is 9.59 Å². The number of carbonyl (C=O) groups excluding carboxylic acids is 2. The number of nitrogens with one attached hydrogen (secondary N) is 1. The summed E-state index contributed by atoms with van der Waals surface area (Å²) < 4.78 is 0. The van der Waals surface area contributed by atoms with Crippen LogP contribution >= 0.6 is 0 Å². The number of nitrogens with zero attached hydrogens (tertiary/aromatic N) is 1. The van der Waals surface area contributed by atoms with Crippen molar-refractivity contribution < 1.29 is 9.59 Å². The van der Waals surface area contributed by atoms with Crippen LogP contribution in [0.4, 0.5) is 0 Å². The van der Waals surface area contributed by atoms with E-state index in [4.69, 9.17) is 0 Å². The number of rotatable bonds is 5. The van der Waals surface area contributed by atoms with Crippen molar-refractivity contribution in [2.75, 3.05) is 13.1 Å². The van der Waals surface area contributed by atoms with Gasteiger partial charge in [0, 0.05) is 25.4 Å². The molecule has 2 fully saturated rings. The second-order valence-electron chi connectivity index (χ2n) is 4.40. The molecule has 1 saturated carbocycles. The van der Waals surface area contributed by atoms with Crippen molar-refractivity contribution in [3.63, 3.8) is 0 Å². The normalized spacial score (nSPS) is 23.7. The highest BCUT2D eigenvalue weighted by molar-refractivity contribution is 6.01. The molecule has 1 aliphatic carbocycles. The fourth-order valence-electron chi connectivity index (χ4n) is 2.16. The smallest absolute Gasteiger partial charge is 0.229 e. The van der Waals surface area contributed by atoms with Crippen LogP contribution in [0.3, 0.4) is 0 Å². The van der Waals surface area contributed by atoms with E-state index in [1.807, 2.05) is 0 Å². The summed E-state index contributed by atoms with van der Waals surface area (Å²) in [5, 5.41) is 3.37. The van der Waals surface area contributed by atoms with Gasteiger partial charge in [-0.3, -0.25) is 14.5 Å². The summed E-state index contributed by atoms with van der Waals surface area (Å²) in [6, 6.07) is 0.320. The molecule has 1 aliphatic heterocycles. The fraction of sp³-hybridized carbons (Fsp3) is 0.818. The van der Waals surface area contributed by atoms with Crippen molar-refractivity contribution >= 4 is 11.8 Å². The highest BCUT2D eigenvalue weighted by Gasteiger charge is 2.36. The SMILES string of the molecule is CCNC(CN1C(=O)CCC1=O)C1CC1. The zero-order valence-electron chi connectivity index (χ0n) is 9.16. The highest BCUT2D eigenvalue weighted by Crippen LogP contribution is 2.33. The van der Waals surface area contributed by atoms with Crippen LogP contribution < -0.4 is 5.32 Å². The van der Waals surface area contributed by atoms with Crippen molar-refractivity contribution in [2.24, 2.45) is 5.92 Å². The lowest BCUT2D eigenvalue weighted by Crippen LogP contribution is -2.44. The molecule has 2 rings (SSSR count). The quantitative estimate of drug-likeness (QED) is 0.673. The molecular formula is C11H18N2O2. The predicted molar refractivity (Wildman–Crippen MR) is 56.1 cm³/mol. The lowest BCUT2D eigenvalue weighted by molar-refractivity contribution is -0.138. The maximum Gasteiger partial charge on any atom is 0.229 e. The number of hydrogen-bond acceptors (Lipinski definition) is 3. The standard InChI is InChI=1S/C11H18N2O2/c1-2-12-9(8-3-4-8)7-13-10(14)5-6-11(13)15/h8-9,12H,2-7H2,1H3. The number of carbonyl (C=O) groups is 2. The number of hydrogen-bond donors (Lipinski definition) is 1. The monoisotopic (exact) mass is 210 g/mol. The van der Waals surface area contributed by atoms with Gasteiger partial charge in [-0.15, -0.1) is 0 Å². The third-order valence-electron chi connectivity index (χ3n) is 3.19. The van der Waals surface area contributed by atoms with Crippen molar-refractivity contribution in [3.8, 4) is 0 Å². The average Bonchev–Trinajstić information content (AvgIpc) is 3.00. The van der Waals surface area contributed by atoms with E-state index in [0.29, 0.717) is 31.3 Å². The van der Waals surface area contributed by atoms with Gasteiger partial charge in [-0.1, -0.05) is 6.92 Å². The van der Waals surface area contributed by atoms with E-state index < -0.39 is 0 Å². The van der Waals surface area contributed by atoms with Gasteiger partial charge in [0.2, 0.25) is 11.8 Å².